The Morgan fingerprint density at radius 2 is 2.14 bits per heavy atom. The zero-order chi connectivity index (χ0) is 16.3. The quantitative estimate of drug-likeness (QED) is 0.799. The first-order valence-electron chi connectivity index (χ1n) is 7.05. The molecule has 4 nitrogen and oxygen atoms in total. The summed E-state index contributed by atoms with van der Waals surface area (Å²) in [5, 5.41) is 0. The summed E-state index contributed by atoms with van der Waals surface area (Å²) in [7, 11) is 1.36. The Morgan fingerprint density at radius 1 is 1.41 bits per heavy atom. The Balaban J connectivity index is 1.91. The second kappa shape index (κ2) is 6.54. The van der Waals surface area contributed by atoms with Gasteiger partial charge in [-0.25, -0.2) is 4.98 Å². The second-order valence-corrected chi connectivity index (χ2v) is 5.54. The summed E-state index contributed by atoms with van der Waals surface area (Å²) in [6, 6.07) is 1.34. The van der Waals surface area contributed by atoms with E-state index >= 15 is 0 Å². The zero-order valence-electron chi connectivity index (χ0n) is 12.4. The summed E-state index contributed by atoms with van der Waals surface area (Å²) in [6.07, 6.45) is -1.10. The summed E-state index contributed by atoms with van der Waals surface area (Å²) in [5.74, 6) is 0.194. The van der Waals surface area contributed by atoms with Crippen LogP contribution in [0.1, 0.15) is 30.5 Å². The predicted molar refractivity (Wildman–Crippen MR) is 72.3 cm³/mol. The van der Waals surface area contributed by atoms with Gasteiger partial charge in [-0.2, -0.15) is 13.2 Å². The van der Waals surface area contributed by atoms with Crippen molar-refractivity contribution in [2.45, 2.75) is 32.4 Å². The highest BCUT2D eigenvalue weighted by atomic mass is 19.4. The topological polar surface area (TPSA) is 48.4 Å². The molecule has 22 heavy (non-hydrogen) atoms. The average molecular weight is 317 g/mol. The van der Waals surface area contributed by atoms with Crippen molar-refractivity contribution in [3.63, 3.8) is 0 Å². The Hall–Kier alpha value is -1.79. The Kier molecular flexibility index (Phi) is 4.93. The number of rotatable bonds is 4. The van der Waals surface area contributed by atoms with E-state index in [9.17, 15) is 18.0 Å². The van der Waals surface area contributed by atoms with Gasteiger partial charge in [0.25, 0.3) is 0 Å². The lowest BCUT2D eigenvalue weighted by molar-refractivity contribution is -0.145. The number of carbonyl (C=O) groups is 1. The van der Waals surface area contributed by atoms with Crippen LogP contribution in [0.2, 0.25) is 0 Å². The molecule has 0 aromatic carbocycles. The largest absolute Gasteiger partial charge is 0.492 e. The minimum Gasteiger partial charge on any atom is -0.492 e. The van der Waals surface area contributed by atoms with Crippen molar-refractivity contribution in [1.29, 1.82) is 0 Å². The van der Waals surface area contributed by atoms with Crippen molar-refractivity contribution in [3.05, 3.63) is 23.5 Å². The van der Waals surface area contributed by atoms with Crippen LogP contribution in [0.5, 0.6) is 5.75 Å². The van der Waals surface area contributed by atoms with Crippen LogP contribution in [0.15, 0.2) is 12.3 Å². The van der Waals surface area contributed by atoms with Gasteiger partial charge in [-0.1, -0.05) is 0 Å². The molecule has 0 aliphatic heterocycles. The fraction of sp³-hybridized carbons (Fsp3) is 0.600. The van der Waals surface area contributed by atoms with E-state index in [-0.39, 0.29) is 23.4 Å². The highest BCUT2D eigenvalue weighted by Crippen LogP contribution is 2.33. The SMILES string of the molecule is COC(=O)[C@@H]1CC[C@H](COc2cnc(C(F)(F)F)c(C)c2)C1. The maximum atomic E-state index is 12.6. The number of halogens is 3. The molecule has 7 heteroatoms. The molecule has 0 amide bonds. The first-order valence-corrected chi connectivity index (χ1v) is 7.05. The number of ether oxygens (including phenoxy) is 2. The highest BCUT2D eigenvalue weighted by molar-refractivity contribution is 5.72. The lowest BCUT2D eigenvalue weighted by Crippen LogP contribution is -2.15. The first-order chi connectivity index (χ1) is 10.3. The van der Waals surface area contributed by atoms with Gasteiger partial charge >= 0.3 is 12.1 Å². The molecular formula is C15H18F3NO3. The Bertz CT molecular complexity index is 545. The van der Waals surface area contributed by atoms with Crippen LogP contribution in [0.25, 0.3) is 0 Å². The molecule has 122 valence electrons. The monoisotopic (exact) mass is 317 g/mol. The van der Waals surface area contributed by atoms with Crippen LogP contribution in [-0.4, -0.2) is 24.7 Å². The Morgan fingerprint density at radius 3 is 2.73 bits per heavy atom. The first kappa shape index (κ1) is 16.6. The predicted octanol–water partition coefficient (Wildman–Crippen LogP) is 3.38. The third kappa shape index (κ3) is 3.90. The third-order valence-corrected chi connectivity index (χ3v) is 3.88. The number of pyridine rings is 1. The van der Waals surface area contributed by atoms with Gasteiger partial charge in [-0.3, -0.25) is 4.79 Å². The molecule has 0 radical (unpaired) electrons. The van der Waals surface area contributed by atoms with Crippen LogP contribution in [0.3, 0.4) is 0 Å². The Labute approximate surface area is 126 Å². The minimum absolute atomic E-state index is 0.0314. The second-order valence-electron chi connectivity index (χ2n) is 5.54. The van der Waals surface area contributed by atoms with E-state index in [0.29, 0.717) is 18.8 Å². The molecule has 0 spiro atoms. The summed E-state index contributed by atoms with van der Waals surface area (Å²) in [4.78, 5) is 14.9. The summed E-state index contributed by atoms with van der Waals surface area (Å²) in [5.41, 5.74) is -0.865. The number of nitrogens with zero attached hydrogens (tertiary/aromatic N) is 1. The molecule has 2 atom stereocenters. The van der Waals surface area contributed by atoms with E-state index in [1.54, 1.807) is 0 Å². The van der Waals surface area contributed by atoms with Crippen molar-refractivity contribution in [2.75, 3.05) is 13.7 Å². The lowest BCUT2D eigenvalue weighted by atomic mass is 10.1. The summed E-state index contributed by atoms with van der Waals surface area (Å²) < 4.78 is 48.1. The number of aromatic nitrogens is 1. The average Bonchev–Trinajstić information content (AvgIpc) is 2.92. The smallest absolute Gasteiger partial charge is 0.433 e. The molecule has 0 bridgehead atoms. The van der Waals surface area contributed by atoms with Crippen LogP contribution < -0.4 is 4.74 Å². The van der Waals surface area contributed by atoms with E-state index < -0.39 is 11.9 Å². The number of hydrogen-bond acceptors (Lipinski definition) is 4. The van der Waals surface area contributed by atoms with Gasteiger partial charge in [0.1, 0.15) is 11.4 Å². The normalized spacial score (nSPS) is 21.7. The van der Waals surface area contributed by atoms with Gasteiger partial charge in [0.2, 0.25) is 0 Å². The fourth-order valence-electron chi connectivity index (χ4n) is 2.75. The van der Waals surface area contributed by atoms with Crippen LogP contribution in [0.4, 0.5) is 13.2 Å². The van der Waals surface area contributed by atoms with E-state index in [4.69, 9.17) is 9.47 Å². The number of methoxy groups -OCH3 is 1. The van der Waals surface area contributed by atoms with Crippen molar-refractivity contribution < 1.29 is 27.4 Å². The number of esters is 1. The molecule has 1 saturated carbocycles. The maximum Gasteiger partial charge on any atom is 0.433 e. The van der Waals surface area contributed by atoms with Crippen molar-refractivity contribution in [2.24, 2.45) is 11.8 Å². The number of hydrogen-bond donors (Lipinski definition) is 0. The molecule has 1 aliphatic rings. The number of carbonyl (C=O) groups excluding carboxylic acids is 1. The van der Waals surface area contributed by atoms with E-state index in [1.165, 1.54) is 20.1 Å². The van der Waals surface area contributed by atoms with Crippen molar-refractivity contribution >= 4 is 5.97 Å². The molecular weight excluding hydrogens is 299 g/mol. The lowest BCUT2D eigenvalue weighted by Gasteiger charge is -2.14. The van der Waals surface area contributed by atoms with Crippen LogP contribution in [0, 0.1) is 18.8 Å². The molecule has 1 fully saturated rings. The van der Waals surface area contributed by atoms with Gasteiger partial charge < -0.3 is 9.47 Å². The molecule has 1 heterocycles. The maximum absolute atomic E-state index is 12.6. The van der Waals surface area contributed by atoms with Gasteiger partial charge in [-0.15, -0.1) is 0 Å². The van der Waals surface area contributed by atoms with E-state index in [2.05, 4.69) is 4.98 Å². The standard InChI is InChI=1S/C15H18F3NO3/c1-9-5-12(7-19-13(9)15(16,17)18)22-8-10-3-4-11(6-10)14(20)21-2/h5,7,10-11H,3-4,6,8H2,1-2H3/t10-,11+/m0/s1. The molecule has 0 saturated heterocycles. The van der Waals surface area contributed by atoms with Crippen LogP contribution in [-0.2, 0) is 15.7 Å². The summed E-state index contributed by atoms with van der Waals surface area (Å²) in [6.45, 7) is 1.71. The molecule has 0 unspecified atom stereocenters. The van der Waals surface area contributed by atoms with Gasteiger partial charge in [0, 0.05) is 0 Å². The van der Waals surface area contributed by atoms with Gasteiger partial charge in [-0.05, 0) is 43.7 Å². The van der Waals surface area contributed by atoms with Crippen molar-refractivity contribution in [3.8, 4) is 5.75 Å². The molecule has 1 aliphatic carbocycles. The fourth-order valence-corrected chi connectivity index (χ4v) is 2.75. The van der Waals surface area contributed by atoms with Crippen molar-refractivity contribution in [1.82, 2.24) is 4.98 Å². The number of aryl methyl sites for hydroxylation is 1. The minimum atomic E-state index is -4.46. The summed E-state index contributed by atoms with van der Waals surface area (Å²) >= 11 is 0. The van der Waals surface area contributed by atoms with Crippen LogP contribution >= 0.6 is 0 Å². The molecule has 1 aromatic heterocycles. The van der Waals surface area contributed by atoms with E-state index in [0.717, 1.165) is 19.0 Å². The zero-order valence-corrected chi connectivity index (χ0v) is 12.4. The third-order valence-electron chi connectivity index (χ3n) is 3.88. The molecule has 1 aromatic rings. The molecule has 2 rings (SSSR count). The van der Waals surface area contributed by atoms with Gasteiger partial charge in [0.15, 0.2) is 0 Å². The van der Waals surface area contributed by atoms with E-state index in [1.807, 2.05) is 0 Å². The highest BCUT2D eigenvalue weighted by Gasteiger charge is 2.34. The van der Waals surface area contributed by atoms with Gasteiger partial charge in [0.05, 0.1) is 25.8 Å². The number of alkyl halides is 3. The molecule has 0 N–H and O–H groups in total.